The molecule has 0 aliphatic heterocycles. The molecule has 0 spiro atoms. The van der Waals surface area contributed by atoms with Crippen molar-refractivity contribution in [1.82, 2.24) is 15.3 Å². The molecule has 1 aromatic carbocycles. The molecule has 0 fully saturated rings. The molecule has 6 nitrogen and oxygen atoms in total. The average Bonchev–Trinajstić information content (AvgIpc) is 2.98. The average molecular weight is 273 g/mol. The highest BCUT2D eigenvalue weighted by atomic mass is 16.4. The highest BCUT2D eigenvalue weighted by Crippen LogP contribution is 2.13. The highest BCUT2D eigenvalue weighted by Gasteiger charge is 2.16. The van der Waals surface area contributed by atoms with Crippen molar-refractivity contribution >= 4 is 11.9 Å². The highest BCUT2D eigenvalue weighted by molar-refractivity contribution is 5.96. The van der Waals surface area contributed by atoms with Crippen molar-refractivity contribution in [2.75, 3.05) is 0 Å². The maximum absolute atomic E-state index is 12.1. The fourth-order valence-corrected chi connectivity index (χ4v) is 1.84. The Labute approximate surface area is 115 Å². The second-order valence-electron chi connectivity index (χ2n) is 4.29. The topological polar surface area (TPSA) is 95.1 Å². The molecule has 2 aromatic rings. The Kier molecular flexibility index (Phi) is 4.14. The first-order valence-electron chi connectivity index (χ1n) is 6.25. The molecule has 0 saturated heterocycles. The van der Waals surface area contributed by atoms with Gasteiger partial charge < -0.3 is 15.4 Å². The number of amides is 1. The molecule has 3 N–H and O–H groups in total. The van der Waals surface area contributed by atoms with Crippen molar-refractivity contribution in [2.45, 2.75) is 19.4 Å². The molecule has 1 heterocycles. The monoisotopic (exact) mass is 273 g/mol. The molecule has 104 valence electrons. The minimum Gasteiger partial charge on any atom is -0.478 e. The number of hydrogen-bond donors (Lipinski definition) is 3. The van der Waals surface area contributed by atoms with E-state index >= 15 is 0 Å². The molecule has 20 heavy (non-hydrogen) atoms. The lowest BCUT2D eigenvalue weighted by molar-refractivity contribution is 0.0696. The maximum atomic E-state index is 12.1. The zero-order valence-electron chi connectivity index (χ0n) is 11.0. The molecule has 1 amide bonds. The minimum atomic E-state index is -1.01. The van der Waals surface area contributed by atoms with E-state index in [2.05, 4.69) is 15.3 Å². The summed E-state index contributed by atoms with van der Waals surface area (Å²) in [7, 11) is 0. The summed E-state index contributed by atoms with van der Waals surface area (Å²) < 4.78 is 0. The summed E-state index contributed by atoms with van der Waals surface area (Å²) in [6.07, 6.45) is 4.03. The first-order valence-corrected chi connectivity index (χ1v) is 6.25. The molecule has 0 radical (unpaired) electrons. The number of aromatic carboxylic acids is 1. The number of nitrogens with zero attached hydrogens (tertiary/aromatic N) is 1. The number of rotatable bonds is 5. The van der Waals surface area contributed by atoms with Crippen LogP contribution in [0.5, 0.6) is 0 Å². The number of imidazole rings is 1. The van der Waals surface area contributed by atoms with Crippen molar-refractivity contribution in [3.8, 4) is 0 Å². The van der Waals surface area contributed by atoms with E-state index in [9.17, 15) is 9.59 Å². The van der Waals surface area contributed by atoms with Gasteiger partial charge in [-0.15, -0.1) is 0 Å². The van der Waals surface area contributed by atoms with Crippen LogP contribution >= 0.6 is 0 Å². The van der Waals surface area contributed by atoms with Crippen molar-refractivity contribution < 1.29 is 14.7 Å². The van der Waals surface area contributed by atoms with E-state index in [1.165, 1.54) is 24.3 Å². The van der Waals surface area contributed by atoms with Gasteiger partial charge in [-0.05, 0) is 30.7 Å². The Hall–Kier alpha value is -2.63. The van der Waals surface area contributed by atoms with E-state index in [4.69, 9.17) is 5.11 Å². The third-order valence-electron chi connectivity index (χ3n) is 2.96. The van der Waals surface area contributed by atoms with Crippen LogP contribution < -0.4 is 5.32 Å². The van der Waals surface area contributed by atoms with Crippen molar-refractivity contribution in [2.24, 2.45) is 0 Å². The Balaban J connectivity index is 2.09. The number of H-pyrrole nitrogens is 1. The number of nitrogens with one attached hydrogen (secondary N) is 2. The maximum Gasteiger partial charge on any atom is 0.335 e. The number of carbonyl (C=O) groups is 2. The Bertz CT molecular complexity index is 591. The van der Waals surface area contributed by atoms with E-state index in [1.54, 1.807) is 12.4 Å². The number of aromatic amines is 1. The Morgan fingerprint density at radius 2 is 1.95 bits per heavy atom. The van der Waals surface area contributed by atoms with Gasteiger partial charge in [-0.2, -0.15) is 0 Å². The zero-order chi connectivity index (χ0) is 14.5. The van der Waals surface area contributed by atoms with Gasteiger partial charge in [0.2, 0.25) is 0 Å². The van der Waals surface area contributed by atoms with Gasteiger partial charge >= 0.3 is 5.97 Å². The van der Waals surface area contributed by atoms with Crippen LogP contribution in [-0.4, -0.2) is 27.0 Å². The molecule has 6 heteroatoms. The lowest BCUT2D eigenvalue weighted by Crippen LogP contribution is -2.28. The number of benzene rings is 1. The third-order valence-corrected chi connectivity index (χ3v) is 2.96. The van der Waals surface area contributed by atoms with Crippen LogP contribution in [0.15, 0.2) is 36.7 Å². The molecule has 1 atom stereocenters. The van der Waals surface area contributed by atoms with Crippen molar-refractivity contribution in [3.63, 3.8) is 0 Å². The predicted octanol–water partition coefficient (Wildman–Crippen LogP) is 1.99. The van der Waals surface area contributed by atoms with E-state index in [1.807, 2.05) is 6.92 Å². The second-order valence-corrected chi connectivity index (χ2v) is 4.29. The van der Waals surface area contributed by atoms with Crippen LogP contribution in [0.4, 0.5) is 0 Å². The minimum absolute atomic E-state index is 0.152. The predicted molar refractivity (Wildman–Crippen MR) is 72.5 cm³/mol. The summed E-state index contributed by atoms with van der Waals surface area (Å²) in [5, 5.41) is 11.7. The molecular formula is C14H15N3O3. The zero-order valence-corrected chi connectivity index (χ0v) is 11.0. The number of aromatic nitrogens is 2. The molecule has 0 bridgehead atoms. The van der Waals surface area contributed by atoms with Crippen LogP contribution in [-0.2, 0) is 0 Å². The number of carboxylic acids is 1. The summed E-state index contributed by atoms with van der Waals surface area (Å²) in [6.45, 7) is 1.95. The molecule has 0 aliphatic carbocycles. The van der Waals surface area contributed by atoms with Gasteiger partial charge in [0.05, 0.1) is 11.6 Å². The Morgan fingerprint density at radius 3 is 2.45 bits per heavy atom. The van der Waals surface area contributed by atoms with Crippen LogP contribution in [0.2, 0.25) is 0 Å². The van der Waals surface area contributed by atoms with Gasteiger partial charge in [-0.25, -0.2) is 9.78 Å². The van der Waals surface area contributed by atoms with Crippen LogP contribution in [0.3, 0.4) is 0 Å². The number of carboxylic acid groups (broad SMARTS) is 1. The summed E-state index contributed by atoms with van der Waals surface area (Å²) in [6, 6.07) is 5.61. The van der Waals surface area contributed by atoms with Gasteiger partial charge in [0, 0.05) is 18.0 Å². The van der Waals surface area contributed by atoms with E-state index in [0.717, 1.165) is 0 Å². The fraction of sp³-hybridized carbons (Fsp3) is 0.214. The second kappa shape index (κ2) is 6.01. The van der Waals surface area contributed by atoms with E-state index in [0.29, 0.717) is 17.8 Å². The van der Waals surface area contributed by atoms with Gasteiger partial charge in [-0.1, -0.05) is 6.92 Å². The van der Waals surface area contributed by atoms with E-state index in [-0.39, 0.29) is 17.5 Å². The molecule has 0 saturated carbocycles. The quantitative estimate of drug-likeness (QED) is 0.776. The standard InChI is InChI=1S/C14H15N3O3/c1-2-11(12-15-7-8-16-12)17-13(18)9-3-5-10(6-4-9)14(19)20/h3-8,11H,2H2,1H3,(H,15,16)(H,17,18)(H,19,20). The largest absolute Gasteiger partial charge is 0.478 e. The van der Waals surface area contributed by atoms with Gasteiger partial charge in [0.15, 0.2) is 0 Å². The number of hydrogen-bond acceptors (Lipinski definition) is 3. The first kappa shape index (κ1) is 13.8. The molecule has 0 aliphatic rings. The fourth-order valence-electron chi connectivity index (χ4n) is 1.84. The van der Waals surface area contributed by atoms with Crippen LogP contribution in [0, 0.1) is 0 Å². The SMILES string of the molecule is CCC(NC(=O)c1ccc(C(=O)O)cc1)c1ncc[nH]1. The first-order chi connectivity index (χ1) is 9.61. The van der Waals surface area contributed by atoms with E-state index < -0.39 is 5.97 Å². The van der Waals surface area contributed by atoms with Crippen LogP contribution in [0.25, 0.3) is 0 Å². The third kappa shape index (κ3) is 3.03. The molecular weight excluding hydrogens is 258 g/mol. The van der Waals surface area contributed by atoms with Gasteiger partial charge in [-0.3, -0.25) is 4.79 Å². The lowest BCUT2D eigenvalue weighted by atomic mass is 10.1. The normalized spacial score (nSPS) is 11.8. The summed E-state index contributed by atoms with van der Waals surface area (Å²) in [4.78, 5) is 29.9. The van der Waals surface area contributed by atoms with Gasteiger partial charge in [0.25, 0.3) is 5.91 Å². The lowest BCUT2D eigenvalue weighted by Gasteiger charge is -2.14. The van der Waals surface area contributed by atoms with Crippen molar-refractivity contribution in [3.05, 3.63) is 53.6 Å². The summed E-state index contributed by atoms with van der Waals surface area (Å²) in [5.41, 5.74) is 0.569. The van der Waals surface area contributed by atoms with Crippen molar-refractivity contribution in [1.29, 1.82) is 0 Å². The number of carbonyl (C=O) groups excluding carboxylic acids is 1. The molecule has 1 aromatic heterocycles. The smallest absolute Gasteiger partial charge is 0.335 e. The molecule has 1 unspecified atom stereocenters. The summed E-state index contributed by atoms with van der Waals surface area (Å²) >= 11 is 0. The summed E-state index contributed by atoms with van der Waals surface area (Å²) in [5.74, 6) is -0.577. The van der Waals surface area contributed by atoms with Crippen LogP contribution in [0.1, 0.15) is 45.9 Å². The van der Waals surface area contributed by atoms with Gasteiger partial charge in [0.1, 0.15) is 5.82 Å². The Morgan fingerprint density at radius 1 is 1.30 bits per heavy atom. The molecule has 2 rings (SSSR count).